The van der Waals surface area contributed by atoms with Crippen LogP contribution in [0.4, 0.5) is 0 Å². The van der Waals surface area contributed by atoms with Crippen molar-refractivity contribution in [1.29, 1.82) is 0 Å². The Morgan fingerprint density at radius 2 is 1.52 bits per heavy atom. The zero-order valence-corrected chi connectivity index (χ0v) is 17.1. The van der Waals surface area contributed by atoms with E-state index in [4.69, 9.17) is 9.47 Å². The van der Waals surface area contributed by atoms with Crippen molar-refractivity contribution in [3.63, 3.8) is 0 Å². The van der Waals surface area contributed by atoms with Crippen LogP contribution in [0.2, 0.25) is 0 Å². The number of hydrogen-bond acceptors (Lipinski definition) is 4. The highest BCUT2D eigenvalue weighted by Crippen LogP contribution is 2.18. The molecule has 0 aromatic heterocycles. The minimum Gasteiger partial charge on any atom is -0.493 e. The second kappa shape index (κ2) is 11.9. The average Bonchev–Trinajstić information content (AvgIpc) is 2.78. The molecule has 4 nitrogen and oxygen atoms in total. The summed E-state index contributed by atoms with van der Waals surface area (Å²) in [7, 11) is 0. The Bertz CT molecular complexity index is 854. The van der Waals surface area contributed by atoms with Crippen molar-refractivity contribution in [2.45, 2.75) is 11.5 Å². The molecule has 0 spiro atoms. The molecule has 0 aliphatic carbocycles. The highest BCUT2D eigenvalue weighted by Gasteiger charge is 2.05. The first kappa shape index (κ1) is 21.0. The molecule has 5 heteroatoms. The fourth-order valence-electron chi connectivity index (χ4n) is 2.64. The summed E-state index contributed by atoms with van der Waals surface area (Å²) < 4.78 is 11.3. The lowest BCUT2D eigenvalue weighted by atomic mass is 10.2. The Labute approximate surface area is 176 Å². The van der Waals surface area contributed by atoms with E-state index in [1.165, 1.54) is 4.90 Å². The van der Waals surface area contributed by atoms with E-state index in [0.29, 0.717) is 31.9 Å². The predicted molar refractivity (Wildman–Crippen MR) is 118 cm³/mol. The third-order valence-electron chi connectivity index (χ3n) is 4.12. The van der Waals surface area contributed by atoms with Crippen LogP contribution < -0.4 is 10.1 Å². The zero-order chi connectivity index (χ0) is 20.2. The van der Waals surface area contributed by atoms with Gasteiger partial charge in [0.05, 0.1) is 19.8 Å². The summed E-state index contributed by atoms with van der Waals surface area (Å²) in [5, 5.41) is 2.87. The summed E-state index contributed by atoms with van der Waals surface area (Å²) in [5.41, 5.74) is 1.73. The number of amides is 1. The zero-order valence-electron chi connectivity index (χ0n) is 16.3. The molecule has 3 aromatic rings. The van der Waals surface area contributed by atoms with E-state index in [1.54, 1.807) is 23.9 Å². The number of thioether (sulfide) groups is 1. The van der Waals surface area contributed by atoms with E-state index < -0.39 is 0 Å². The van der Waals surface area contributed by atoms with Crippen molar-refractivity contribution in [3.05, 3.63) is 96.1 Å². The molecule has 0 unspecified atom stereocenters. The summed E-state index contributed by atoms with van der Waals surface area (Å²) >= 11 is 1.76. The molecule has 1 amide bonds. The van der Waals surface area contributed by atoms with Gasteiger partial charge >= 0.3 is 0 Å². The smallest absolute Gasteiger partial charge is 0.251 e. The molecular formula is C24H25NO3S. The molecule has 0 saturated carbocycles. The average molecular weight is 408 g/mol. The second-order valence-corrected chi connectivity index (χ2v) is 7.50. The highest BCUT2D eigenvalue weighted by atomic mass is 32.2. The summed E-state index contributed by atoms with van der Waals surface area (Å²) in [6.07, 6.45) is 0. The van der Waals surface area contributed by atoms with Gasteiger partial charge in [-0.1, -0.05) is 48.5 Å². The third kappa shape index (κ3) is 7.64. The van der Waals surface area contributed by atoms with Crippen LogP contribution in [0.25, 0.3) is 0 Å². The largest absolute Gasteiger partial charge is 0.493 e. The van der Waals surface area contributed by atoms with Crippen LogP contribution in [0, 0.1) is 0 Å². The van der Waals surface area contributed by atoms with Crippen LogP contribution in [0.3, 0.4) is 0 Å². The number of carbonyl (C=O) groups excluding carboxylic acids is 1. The molecule has 0 aliphatic heterocycles. The van der Waals surface area contributed by atoms with Crippen LogP contribution in [0.15, 0.2) is 89.8 Å². The normalized spacial score (nSPS) is 10.5. The van der Waals surface area contributed by atoms with E-state index in [1.807, 2.05) is 60.7 Å². The first-order valence-electron chi connectivity index (χ1n) is 9.62. The maximum Gasteiger partial charge on any atom is 0.251 e. The fourth-order valence-corrected chi connectivity index (χ4v) is 3.39. The van der Waals surface area contributed by atoms with Gasteiger partial charge in [0.15, 0.2) is 0 Å². The van der Waals surface area contributed by atoms with E-state index >= 15 is 0 Å². The quantitative estimate of drug-likeness (QED) is 0.366. The molecule has 150 valence electrons. The predicted octanol–water partition coefficient (Wildman–Crippen LogP) is 4.80. The molecule has 3 aromatic carbocycles. The SMILES string of the molecule is O=C(NCCOCc1ccccc1)c1ccc(OCCSc2ccccc2)cc1. The summed E-state index contributed by atoms with van der Waals surface area (Å²) in [6.45, 7) is 2.11. The lowest BCUT2D eigenvalue weighted by molar-refractivity contribution is 0.0901. The van der Waals surface area contributed by atoms with Crippen LogP contribution >= 0.6 is 11.8 Å². The Kier molecular flexibility index (Phi) is 8.63. The molecule has 0 bridgehead atoms. The minimum absolute atomic E-state index is 0.112. The maximum absolute atomic E-state index is 12.2. The molecule has 1 N–H and O–H groups in total. The maximum atomic E-state index is 12.2. The van der Waals surface area contributed by atoms with Crippen molar-refractivity contribution in [2.24, 2.45) is 0 Å². The molecule has 0 radical (unpaired) electrons. The summed E-state index contributed by atoms with van der Waals surface area (Å²) in [5.74, 6) is 1.52. The Morgan fingerprint density at radius 3 is 2.24 bits per heavy atom. The minimum atomic E-state index is -0.112. The van der Waals surface area contributed by atoms with Gasteiger partial charge in [-0.15, -0.1) is 11.8 Å². The number of hydrogen-bond donors (Lipinski definition) is 1. The fraction of sp³-hybridized carbons (Fsp3) is 0.208. The lowest BCUT2D eigenvalue weighted by Crippen LogP contribution is -2.27. The Balaban J connectivity index is 1.31. The van der Waals surface area contributed by atoms with E-state index in [0.717, 1.165) is 17.1 Å². The molecule has 0 aliphatic rings. The van der Waals surface area contributed by atoms with E-state index in [-0.39, 0.29) is 5.91 Å². The van der Waals surface area contributed by atoms with Gasteiger partial charge in [0, 0.05) is 22.8 Å². The van der Waals surface area contributed by atoms with Crippen molar-refractivity contribution >= 4 is 17.7 Å². The van der Waals surface area contributed by atoms with E-state index in [9.17, 15) is 4.79 Å². The van der Waals surface area contributed by atoms with Gasteiger partial charge in [0.2, 0.25) is 0 Å². The van der Waals surface area contributed by atoms with Gasteiger partial charge in [0.1, 0.15) is 5.75 Å². The van der Waals surface area contributed by atoms with Gasteiger partial charge in [-0.25, -0.2) is 0 Å². The number of rotatable bonds is 11. The second-order valence-electron chi connectivity index (χ2n) is 6.33. The first-order chi connectivity index (χ1) is 14.3. The molecule has 0 heterocycles. The Hall–Kier alpha value is -2.76. The summed E-state index contributed by atoms with van der Waals surface area (Å²) in [6, 6.07) is 27.4. The molecule has 3 rings (SSSR count). The van der Waals surface area contributed by atoms with Crippen molar-refractivity contribution < 1.29 is 14.3 Å². The van der Waals surface area contributed by atoms with Crippen LogP contribution in [-0.4, -0.2) is 31.4 Å². The summed E-state index contributed by atoms with van der Waals surface area (Å²) in [4.78, 5) is 13.4. The molecule has 0 fully saturated rings. The van der Waals surface area contributed by atoms with Crippen molar-refractivity contribution in [2.75, 3.05) is 25.5 Å². The molecule has 0 atom stereocenters. The number of ether oxygens (including phenoxy) is 2. The first-order valence-corrected chi connectivity index (χ1v) is 10.6. The van der Waals surface area contributed by atoms with E-state index in [2.05, 4.69) is 17.4 Å². The van der Waals surface area contributed by atoms with Crippen molar-refractivity contribution in [1.82, 2.24) is 5.32 Å². The Morgan fingerprint density at radius 1 is 0.828 bits per heavy atom. The van der Waals surface area contributed by atoms with Crippen LogP contribution in [-0.2, 0) is 11.3 Å². The molecule has 0 saturated heterocycles. The number of benzene rings is 3. The third-order valence-corrected chi connectivity index (χ3v) is 5.10. The number of carbonyl (C=O) groups is 1. The van der Waals surface area contributed by atoms with Crippen molar-refractivity contribution in [3.8, 4) is 5.75 Å². The van der Waals surface area contributed by atoms with Gasteiger partial charge in [-0.3, -0.25) is 4.79 Å². The van der Waals surface area contributed by atoms with Gasteiger partial charge in [-0.2, -0.15) is 0 Å². The van der Waals surface area contributed by atoms with Gasteiger partial charge in [-0.05, 0) is 42.0 Å². The van der Waals surface area contributed by atoms with Gasteiger partial charge < -0.3 is 14.8 Å². The molecule has 29 heavy (non-hydrogen) atoms. The van der Waals surface area contributed by atoms with Gasteiger partial charge in [0.25, 0.3) is 5.91 Å². The monoisotopic (exact) mass is 407 g/mol. The standard InChI is InChI=1S/C24H25NO3S/c26-24(25-15-16-27-19-20-7-3-1-4-8-20)21-11-13-22(14-12-21)28-17-18-29-23-9-5-2-6-10-23/h1-14H,15-19H2,(H,25,26). The topological polar surface area (TPSA) is 47.6 Å². The molecular weight excluding hydrogens is 382 g/mol. The van der Waals surface area contributed by atoms with Crippen LogP contribution in [0.5, 0.6) is 5.75 Å². The van der Waals surface area contributed by atoms with Crippen LogP contribution in [0.1, 0.15) is 15.9 Å². The lowest BCUT2D eigenvalue weighted by Gasteiger charge is -2.09. The number of nitrogens with one attached hydrogen (secondary N) is 1. The highest BCUT2D eigenvalue weighted by molar-refractivity contribution is 7.99.